The van der Waals surface area contributed by atoms with Gasteiger partial charge in [-0.15, -0.1) is 0 Å². The molecule has 5 nitrogen and oxygen atoms in total. The van der Waals surface area contributed by atoms with Crippen LogP contribution in [0.2, 0.25) is 5.02 Å². The number of unbranched alkanes of at least 4 members (excludes halogenated alkanes) is 1. The molecular weight excluding hydrogens is 881 g/mol. The summed E-state index contributed by atoms with van der Waals surface area (Å²) in [5.41, 5.74) is 33.6. The molecule has 0 saturated heterocycles. The molecule has 5 atom stereocenters. The molecule has 0 aliphatic carbocycles. The van der Waals surface area contributed by atoms with E-state index in [-0.39, 0.29) is 41.4 Å². The summed E-state index contributed by atoms with van der Waals surface area (Å²) >= 11 is 9.11. The minimum atomic E-state index is -4.32. The highest BCUT2D eigenvalue weighted by molar-refractivity contribution is 9.10. The average molecular weight is 941 g/mol. The van der Waals surface area contributed by atoms with E-state index in [9.17, 15) is 22.0 Å². The summed E-state index contributed by atoms with van der Waals surface area (Å²) in [7, 11) is 0. The van der Waals surface area contributed by atoms with Gasteiger partial charge in [-0.1, -0.05) is 144 Å². The van der Waals surface area contributed by atoms with Crippen LogP contribution in [-0.4, -0.2) is 0 Å². The molecule has 6 aromatic rings. The zero-order valence-corrected chi connectivity index (χ0v) is 38.0. The molecule has 0 saturated carbocycles. The van der Waals surface area contributed by atoms with Crippen molar-refractivity contribution in [1.29, 1.82) is 0 Å². The Morgan fingerprint density at radius 2 is 1.03 bits per heavy atom. The van der Waals surface area contributed by atoms with Crippen molar-refractivity contribution in [3.63, 3.8) is 0 Å². The molecule has 0 radical (unpaired) electrons. The van der Waals surface area contributed by atoms with E-state index in [4.69, 9.17) is 40.3 Å². The maximum atomic E-state index is 12.7. The SMILES string of the molecule is CC(N)c1cccc(Br)c1.CC(N)c1cccc(Cl)c1.CC(N)c1ccccc1C(F)(F)F.CCCCC(N)c1ccc(F)cc1.NC(Cc1ccccc1)c1ccc(F)cc1. The van der Waals surface area contributed by atoms with Crippen LogP contribution in [0.25, 0.3) is 0 Å². The van der Waals surface area contributed by atoms with Gasteiger partial charge >= 0.3 is 6.18 Å². The van der Waals surface area contributed by atoms with Gasteiger partial charge in [-0.3, -0.25) is 0 Å². The maximum Gasteiger partial charge on any atom is 0.416 e. The number of rotatable bonds is 10. The van der Waals surface area contributed by atoms with Crippen molar-refractivity contribution in [2.45, 2.75) is 89.8 Å². The number of nitrogens with two attached hydrogens (primary N) is 5. The van der Waals surface area contributed by atoms with Crippen LogP contribution in [0.1, 0.15) is 116 Å². The van der Waals surface area contributed by atoms with E-state index in [1.54, 1.807) is 30.3 Å². The predicted octanol–water partition coefficient (Wildman–Crippen LogP) is 13.6. The van der Waals surface area contributed by atoms with Crippen molar-refractivity contribution in [2.24, 2.45) is 28.7 Å². The van der Waals surface area contributed by atoms with Crippen LogP contribution in [0.4, 0.5) is 22.0 Å². The third-order valence-electron chi connectivity index (χ3n) is 9.27. The van der Waals surface area contributed by atoms with Crippen molar-refractivity contribution in [3.05, 3.63) is 212 Å². The summed E-state index contributed by atoms with van der Waals surface area (Å²) in [5.74, 6) is -0.429. The summed E-state index contributed by atoms with van der Waals surface area (Å²) in [6.07, 6.45) is -0.299. The van der Waals surface area contributed by atoms with Gasteiger partial charge < -0.3 is 28.7 Å². The molecule has 0 aliphatic heterocycles. The van der Waals surface area contributed by atoms with Gasteiger partial charge in [0.1, 0.15) is 11.6 Å². The Labute approximate surface area is 378 Å². The highest BCUT2D eigenvalue weighted by Crippen LogP contribution is 2.33. The number of hydrogen-bond donors (Lipinski definition) is 5. The molecule has 62 heavy (non-hydrogen) atoms. The first-order chi connectivity index (χ1) is 29.3. The standard InChI is InChI=1S/C14H14FN.C11H16FN.C9H10F3N.C8H10BrN.C8H10ClN/c15-13-8-6-12(7-9-13)14(16)10-11-4-2-1-3-5-11;1-2-3-4-11(13)9-5-7-10(12)8-6-9;1-6(13)7-4-2-3-5-8(7)9(10,11)12;2*1-6(10)7-3-2-4-8(9)5-7/h1-9,14H,10,16H2;5-8,11H,2-4,13H2,1H3;2-6H,13H2,1H3;2*2-6H,10H2,1H3. The number of hydrogen-bond acceptors (Lipinski definition) is 5. The zero-order chi connectivity index (χ0) is 46.2. The van der Waals surface area contributed by atoms with Gasteiger partial charge in [0.15, 0.2) is 0 Å². The zero-order valence-electron chi connectivity index (χ0n) is 35.7. The van der Waals surface area contributed by atoms with Crippen LogP contribution < -0.4 is 28.7 Å². The second kappa shape index (κ2) is 28.3. The second-order valence-electron chi connectivity index (χ2n) is 14.7. The van der Waals surface area contributed by atoms with Crippen LogP contribution in [0.3, 0.4) is 0 Å². The summed E-state index contributed by atoms with van der Waals surface area (Å²) in [6, 6.07) is 43.4. The molecule has 0 aromatic heterocycles. The van der Waals surface area contributed by atoms with Gasteiger partial charge in [-0.25, -0.2) is 8.78 Å². The van der Waals surface area contributed by atoms with Gasteiger partial charge in [0.25, 0.3) is 0 Å². The van der Waals surface area contributed by atoms with Crippen molar-refractivity contribution in [1.82, 2.24) is 0 Å². The van der Waals surface area contributed by atoms with Gasteiger partial charge in [-0.2, -0.15) is 13.2 Å². The minimum absolute atomic E-state index is 0.0561. The monoisotopic (exact) mass is 939 g/mol. The van der Waals surface area contributed by atoms with Crippen molar-refractivity contribution in [3.8, 4) is 0 Å². The lowest BCUT2D eigenvalue weighted by Gasteiger charge is -2.14. The molecule has 12 heteroatoms. The summed E-state index contributed by atoms with van der Waals surface area (Å²) in [5, 5.41) is 0.745. The quantitative estimate of drug-likeness (QED) is 0.0874. The summed E-state index contributed by atoms with van der Waals surface area (Å²) < 4.78 is 63.4. The van der Waals surface area contributed by atoms with Crippen molar-refractivity contribution in [2.75, 3.05) is 0 Å². The molecule has 0 heterocycles. The Kier molecular flexibility index (Phi) is 24.5. The lowest BCUT2D eigenvalue weighted by molar-refractivity contribution is -0.138. The third-order valence-corrected chi connectivity index (χ3v) is 10.00. The normalized spacial score (nSPS) is 13.1. The number of benzene rings is 6. The highest BCUT2D eigenvalue weighted by atomic mass is 79.9. The molecule has 0 spiro atoms. The van der Waals surface area contributed by atoms with Crippen LogP contribution in [0.15, 0.2) is 156 Å². The van der Waals surface area contributed by atoms with E-state index >= 15 is 0 Å². The lowest BCUT2D eigenvalue weighted by Crippen LogP contribution is -2.14. The summed E-state index contributed by atoms with van der Waals surface area (Å²) in [6.45, 7) is 7.58. The fraction of sp³-hybridized carbons (Fsp3) is 0.280. The molecule has 334 valence electrons. The smallest absolute Gasteiger partial charge is 0.324 e. The van der Waals surface area contributed by atoms with Gasteiger partial charge in [0.05, 0.1) is 5.56 Å². The fourth-order valence-electron chi connectivity index (χ4n) is 5.73. The number of halogens is 7. The molecule has 10 N–H and O–H groups in total. The first-order valence-corrected chi connectivity index (χ1v) is 21.5. The van der Waals surface area contributed by atoms with Crippen LogP contribution in [0.5, 0.6) is 0 Å². The fourth-order valence-corrected chi connectivity index (χ4v) is 6.34. The van der Waals surface area contributed by atoms with Gasteiger partial charge in [-0.05, 0) is 122 Å². The van der Waals surface area contributed by atoms with Crippen LogP contribution in [-0.2, 0) is 12.6 Å². The summed E-state index contributed by atoms with van der Waals surface area (Å²) in [4.78, 5) is 0. The van der Waals surface area contributed by atoms with Crippen LogP contribution >= 0.6 is 27.5 Å². The maximum absolute atomic E-state index is 12.7. The van der Waals surface area contributed by atoms with E-state index in [2.05, 4.69) is 22.9 Å². The predicted molar refractivity (Wildman–Crippen MR) is 251 cm³/mol. The number of alkyl halides is 3. The lowest BCUT2D eigenvalue weighted by atomic mass is 10.00. The minimum Gasteiger partial charge on any atom is -0.324 e. The molecule has 6 rings (SSSR count). The van der Waals surface area contributed by atoms with E-state index in [0.29, 0.717) is 0 Å². The Morgan fingerprint density at radius 3 is 1.45 bits per heavy atom. The topological polar surface area (TPSA) is 130 Å². The Bertz CT molecular complexity index is 2070. The van der Waals surface area contributed by atoms with Crippen molar-refractivity contribution < 1.29 is 22.0 Å². The van der Waals surface area contributed by atoms with E-state index in [0.717, 1.165) is 63.5 Å². The van der Waals surface area contributed by atoms with E-state index in [1.807, 2.05) is 92.7 Å². The van der Waals surface area contributed by atoms with Gasteiger partial charge in [0, 0.05) is 39.7 Å². The molecule has 6 aromatic carbocycles. The Morgan fingerprint density at radius 1 is 0.548 bits per heavy atom. The van der Waals surface area contributed by atoms with E-state index in [1.165, 1.54) is 48.9 Å². The Hall–Kier alpha value is -4.46. The first kappa shape index (κ1) is 53.7. The van der Waals surface area contributed by atoms with Crippen LogP contribution in [0, 0.1) is 11.6 Å². The largest absolute Gasteiger partial charge is 0.416 e. The molecule has 0 bridgehead atoms. The van der Waals surface area contributed by atoms with Crippen molar-refractivity contribution >= 4 is 27.5 Å². The molecule has 0 amide bonds. The highest BCUT2D eigenvalue weighted by Gasteiger charge is 2.33. The first-order valence-electron chi connectivity index (χ1n) is 20.3. The van der Waals surface area contributed by atoms with E-state index < -0.39 is 17.8 Å². The average Bonchev–Trinajstić information content (AvgIpc) is 3.24. The Balaban J connectivity index is 0.000000270. The molecule has 5 unspecified atom stereocenters. The molecule has 0 aliphatic rings. The van der Waals surface area contributed by atoms with Gasteiger partial charge in [0.2, 0.25) is 0 Å². The molecule has 0 fully saturated rings. The molecular formula is C50H60BrClF5N5. The second-order valence-corrected chi connectivity index (χ2v) is 16.1. The third kappa shape index (κ3) is 21.1.